The monoisotopic (exact) mass is 205 g/mol. The predicted octanol–water partition coefficient (Wildman–Crippen LogP) is 1.30. The highest BCUT2D eigenvalue weighted by atomic mass is 32.1. The van der Waals surface area contributed by atoms with E-state index in [2.05, 4.69) is 9.97 Å². The second-order valence-electron chi connectivity index (χ2n) is 2.64. The molecule has 0 saturated heterocycles. The molecule has 0 saturated carbocycles. The van der Waals surface area contributed by atoms with Gasteiger partial charge in [-0.05, 0) is 12.1 Å². The smallest absolute Gasteiger partial charge is 0.250 e. The highest BCUT2D eigenvalue weighted by Gasteiger charge is 2.11. The fraction of sp³-hybridized carbons (Fsp3) is 0. The zero-order valence-electron chi connectivity index (χ0n) is 7.18. The van der Waals surface area contributed by atoms with E-state index in [1.165, 1.54) is 11.3 Å². The van der Waals surface area contributed by atoms with Crippen LogP contribution in [0.4, 0.5) is 0 Å². The van der Waals surface area contributed by atoms with E-state index in [9.17, 15) is 4.79 Å². The molecule has 0 unspecified atom stereocenters. The zero-order chi connectivity index (χ0) is 9.97. The summed E-state index contributed by atoms with van der Waals surface area (Å²) in [4.78, 5) is 19.2. The van der Waals surface area contributed by atoms with E-state index < -0.39 is 5.91 Å². The second kappa shape index (κ2) is 3.55. The maximum absolute atomic E-state index is 11.1. The summed E-state index contributed by atoms with van der Waals surface area (Å²) < 4.78 is 0. The first-order valence-corrected chi connectivity index (χ1v) is 4.86. The molecule has 0 bridgehead atoms. The van der Waals surface area contributed by atoms with Crippen molar-refractivity contribution in [2.75, 3.05) is 0 Å². The van der Waals surface area contributed by atoms with Crippen molar-refractivity contribution in [2.45, 2.75) is 0 Å². The third-order valence-electron chi connectivity index (χ3n) is 1.75. The van der Waals surface area contributed by atoms with Crippen LogP contribution in [-0.4, -0.2) is 15.9 Å². The Morgan fingerprint density at radius 3 is 2.93 bits per heavy atom. The maximum Gasteiger partial charge on any atom is 0.250 e. The van der Waals surface area contributed by atoms with Crippen molar-refractivity contribution < 1.29 is 4.79 Å². The molecule has 5 heteroatoms. The second-order valence-corrected chi connectivity index (χ2v) is 3.36. The van der Waals surface area contributed by atoms with Crippen LogP contribution in [0.1, 0.15) is 10.4 Å². The van der Waals surface area contributed by atoms with Gasteiger partial charge in [-0.15, -0.1) is 11.3 Å². The first kappa shape index (κ1) is 8.83. The van der Waals surface area contributed by atoms with E-state index in [0.29, 0.717) is 17.0 Å². The van der Waals surface area contributed by atoms with Crippen molar-refractivity contribution >= 4 is 17.2 Å². The molecule has 0 spiro atoms. The van der Waals surface area contributed by atoms with Gasteiger partial charge < -0.3 is 5.73 Å². The number of amides is 1. The molecular formula is C9H7N3OS. The van der Waals surface area contributed by atoms with Crippen LogP contribution in [0.25, 0.3) is 11.4 Å². The molecule has 0 aliphatic heterocycles. The Kier molecular flexibility index (Phi) is 2.24. The molecule has 4 nitrogen and oxygen atoms in total. The van der Waals surface area contributed by atoms with Gasteiger partial charge in [-0.2, -0.15) is 0 Å². The Bertz CT molecular complexity index is 453. The van der Waals surface area contributed by atoms with Gasteiger partial charge in [0.25, 0.3) is 5.91 Å². The molecule has 2 N–H and O–H groups in total. The van der Waals surface area contributed by atoms with Crippen LogP contribution in [0.2, 0.25) is 0 Å². The van der Waals surface area contributed by atoms with Gasteiger partial charge in [0, 0.05) is 11.6 Å². The molecule has 2 aromatic rings. The maximum atomic E-state index is 11.1. The molecule has 0 atom stereocenters. The quantitative estimate of drug-likeness (QED) is 0.803. The van der Waals surface area contributed by atoms with Gasteiger partial charge in [0.05, 0.1) is 11.1 Å². The number of thiazole rings is 1. The average molecular weight is 205 g/mol. The first-order valence-electron chi connectivity index (χ1n) is 3.92. The highest BCUT2D eigenvalue weighted by Crippen LogP contribution is 2.19. The number of pyridine rings is 1. The molecule has 1 amide bonds. The normalized spacial score (nSPS) is 10.0. The number of carbonyl (C=O) groups is 1. The number of carbonyl (C=O) groups excluding carboxylic acids is 1. The fourth-order valence-corrected chi connectivity index (χ4v) is 1.67. The lowest BCUT2D eigenvalue weighted by Gasteiger charge is -2.00. The minimum atomic E-state index is -0.485. The van der Waals surface area contributed by atoms with Gasteiger partial charge in [0.15, 0.2) is 0 Å². The standard InChI is InChI=1S/C9H7N3OS/c10-9(13)6-2-1-3-11-8(6)7-4-14-5-12-7/h1-5H,(H2,10,13). The largest absolute Gasteiger partial charge is 0.366 e. The van der Waals surface area contributed by atoms with E-state index in [1.807, 2.05) is 5.38 Å². The molecule has 70 valence electrons. The van der Waals surface area contributed by atoms with Gasteiger partial charge >= 0.3 is 0 Å². The molecule has 0 aliphatic rings. The summed E-state index contributed by atoms with van der Waals surface area (Å²) >= 11 is 1.45. The summed E-state index contributed by atoms with van der Waals surface area (Å²) in [5, 5.41) is 1.83. The molecule has 14 heavy (non-hydrogen) atoms. The molecule has 0 radical (unpaired) electrons. The number of rotatable bonds is 2. The molecular weight excluding hydrogens is 198 g/mol. The molecule has 0 aliphatic carbocycles. The van der Waals surface area contributed by atoms with Crippen molar-refractivity contribution in [2.24, 2.45) is 5.73 Å². The van der Waals surface area contributed by atoms with Crippen LogP contribution in [0.15, 0.2) is 29.2 Å². The average Bonchev–Trinajstić information content (AvgIpc) is 2.70. The lowest BCUT2D eigenvalue weighted by molar-refractivity contribution is 0.100. The third kappa shape index (κ3) is 1.49. The van der Waals surface area contributed by atoms with Crippen LogP contribution in [0.3, 0.4) is 0 Å². The molecule has 0 aromatic carbocycles. The summed E-state index contributed by atoms with van der Waals surface area (Å²) in [6.45, 7) is 0. The van der Waals surface area contributed by atoms with Gasteiger partial charge in [-0.3, -0.25) is 9.78 Å². The van der Waals surface area contributed by atoms with E-state index in [0.717, 1.165) is 0 Å². The number of nitrogens with zero attached hydrogens (tertiary/aromatic N) is 2. The zero-order valence-corrected chi connectivity index (χ0v) is 7.99. The van der Waals surface area contributed by atoms with E-state index in [1.54, 1.807) is 23.8 Å². The number of nitrogens with two attached hydrogens (primary N) is 1. The van der Waals surface area contributed by atoms with Crippen molar-refractivity contribution in [1.29, 1.82) is 0 Å². The van der Waals surface area contributed by atoms with Crippen LogP contribution in [-0.2, 0) is 0 Å². The molecule has 2 heterocycles. The Labute approximate surface area is 84.4 Å². The first-order chi connectivity index (χ1) is 6.79. The lowest BCUT2D eigenvalue weighted by Crippen LogP contribution is -2.13. The van der Waals surface area contributed by atoms with E-state index in [-0.39, 0.29) is 0 Å². The van der Waals surface area contributed by atoms with Crippen LogP contribution in [0.5, 0.6) is 0 Å². The van der Waals surface area contributed by atoms with E-state index >= 15 is 0 Å². The highest BCUT2D eigenvalue weighted by molar-refractivity contribution is 7.07. The molecule has 2 rings (SSSR count). The third-order valence-corrected chi connectivity index (χ3v) is 2.33. The topological polar surface area (TPSA) is 68.9 Å². The predicted molar refractivity (Wildman–Crippen MR) is 53.9 cm³/mol. The Hall–Kier alpha value is -1.75. The summed E-state index contributed by atoms with van der Waals surface area (Å²) in [7, 11) is 0. The van der Waals surface area contributed by atoms with E-state index in [4.69, 9.17) is 5.73 Å². The van der Waals surface area contributed by atoms with Crippen molar-refractivity contribution in [3.63, 3.8) is 0 Å². The van der Waals surface area contributed by atoms with Gasteiger partial charge in [-0.1, -0.05) is 0 Å². The minimum Gasteiger partial charge on any atom is -0.366 e. The van der Waals surface area contributed by atoms with Crippen LogP contribution < -0.4 is 5.73 Å². The Balaban J connectivity index is 2.58. The summed E-state index contributed by atoms with van der Waals surface area (Å²) in [6.07, 6.45) is 1.61. The van der Waals surface area contributed by atoms with Crippen molar-refractivity contribution in [3.8, 4) is 11.4 Å². The van der Waals surface area contributed by atoms with Crippen molar-refractivity contribution in [3.05, 3.63) is 34.8 Å². The van der Waals surface area contributed by atoms with Crippen LogP contribution in [0, 0.1) is 0 Å². The number of aromatic nitrogens is 2. The lowest BCUT2D eigenvalue weighted by atomic mass is 10.1. The number of hydrogen-bond acceptors (Lipinski definition) is 4. The van der Waals surface area contributed by atoms with Gasteiger partial charge in [-0.25, -0.2) is 4.98 Å². The fourth-order valence-electron chi connectivity index (χ4n) is 1.14. The minimum absolute atomic E-state index is 0.401. The summed E-state index contributed by atoms with van der Waals surface area (Å²) in [6, 6.07) is 3.32. The number of hydrogen-bond donors (Lipinski definition) is 1. The molecule has 2 aromatic heterocycles. The molecule has 0 fully saturated rings. The Morgan fingerprint density at radius 2 is 2.29 bits per heavy atom. The van der Waals surface area contributed by atoms with Crippen LogP contribution >= 0.6 is 11.3 Å². The van der Waals surface area contributed by atoms with Gasteiger partial charge in [0.2, 0.25) is 0 Å². The summed E-state index contributed by atoms with van der Waals surface area (Å²) in [5.74, 6) is -0.485. The number of primary amides is 1. The SMILES string of the molecule is NC(=O)c1cccnc1-c1cscn1. The van der Waals surface area contributed by atoms with Gasteiger partial charge in [0.1, 0.15) is 11.4 Å². The van der Waals surface area contributed by atoms with Crippen molar-refractivity contribution in [1.82, 2.24) is 9.97 Å². The Morgan fingerprint density at radius 1 is 1.43 bits per heavy atom. The summed E-state index contributed by atoms with van der Waals surface area (Å²) in [5.41, 5.74) is 8.54.